The van der Waals surface area contributed by atoms with Crippen LogP contribution < -0.4 is 9.47 Å². The summed E-state index contributed by atoms with van der Waals surface area (Å²) in [5.74, 6) is 1.65. The highest BCUT2D eigenvalue weighted by Gasteiger charge is 2.10. The molecule has 2 aromatic rings. The molecular weight excluding hydrogens is 551 g/mol. The summed E-state index contributed by atoms with van der Waals surface area (Å²) >= 11 is 18.9. The van der Waals surface area contributed by atoms with Gasteiger partial charge in [0.25, 0.3) is 0 Å². The van der Waals surface area contributed by atoms with E-state index in [1.165, 1.54) is 0 Å². The lowest BCUT2D eigenvalue weighted by Crippen LogP contribution is -2.10. The molecule has 0 saturated carbocycles. The van der Waals surface area contributed by atoms with Gasteiger partial charge < -0.3 is 9.47 Å². The minimum absolute atomic E-state index is 0.124. The molecule has 2 atom stereocenters. The van der Waals surface area contributed by atoms with Crippen LogP contribution in [0.25, 0.3) is 0 Å². The molecule has 0 saturated heterocycles. The van der Waals surface area contributed by atoms with Gasteiger partial charge in [0.05, 0.1) is 21.2 Å². The van der Waals surface area contributed by atoms with E-state index in [9.17, 15) is 0 Å². The Balaban J connectivity index is 0.000000300. The van der Waals surface area contributed by atoms with E-state index in [2.05, 4.69) is 45.0 Å². The first-order chi connectivity index (χ1) is 14.1. The van der Waals surface area contributed by atoms with Crippen LogP contribution in [0.1, 0.15) is 37.8 Å². The van der Waals surface area contributed by atoms with E-state index < -0.39 is 0 Å². The summed E-state index contributed by atoms with van der Waals surface area (Å²) in [6.07, 6.45) is 5.60. The van der Waals surface area contributed by atoms with Crippen molar-refractivity contribution in [3.8, 4) is 11.5 Å². The molecule has 0 aromatic heterocycles. The molecule has 0 unspecified atom stereocenters. The fourth-order valence-corrected chi connectivity index (χ4v) is 3.89. The van der Waals surface area contributed by atoms with Gasteiger partial charge in [0, 0.05) is 22.9 Å². The van der Waals surface area contributed by atoms with Gasteiger partial charge in [-0.15, -0.1) is 13.2 Å². The molecule has 0 bridgehead atoms. The van der Waals surface area contributed by atoms with Gasteiger partial charge in [-0.3, -0.25) is 0 Å². The van der Waals surface area contributed by atoms with Crippen LogP contribution in [-0.4, -0.2) is 12.2 Å². The number of hydrogen-bond acceptors (Lipinski definition) is 2. The summed E-state index contributed by atoms with van der Waals surface area (Å²) in [6.45, 7) is 15.3. The zero-order valence-electron chi connectivity index (χ0n) is 17.8. The molecule has 164 valence electrons. The Hall–Kier alpha value is -0.940. The maximum atomic E-state index is 5.98. The van der Waals surface area contributed by atoms with Crippen molar-refractivity contribution in [2.75, 3.05) is 0 Å². The predicted molar refractivity (Wildman–Crippen MR) is 138 cm³/mol. The Kier molecular flexibility index (Phi) is 12.2. The number of ether oxygens (including phenoxy) is 2. The Labute approximate surface area is 207 Å². The van der Waals surface area contributed by atoms with Gasteiger partial charge in [0.2, 0.25) is 0 Å². The molecule has 0 N–H and O–H groups in total. The van der Waals surface area contributed by atoms with Crippen molar-refractivity contribution in [2.45, 2.75) is 52.7 Å². The lowest BCUT2D eigenvalue weighted by Gasteiger charge is -2.15. The van der Waals surface area contributed by atoms with Crippen molar-refractivity contribution in [2.24, 2.45) is 0 Å². The predicted octanol–water partition coefficient (Wildman–Crippen LogP) is 9.51. The third-order valence-corrected chi connectivity index (χ3v) is 6.57. The molecule has 2 rings (SSSR count). The van der Waals surface area contributed by atoms with E-state index >= 15 is 0 Å². The summed E-state index contributed by atoms with van der Waals surface area (Å²) in [5, 5.41) is 1.48. The number of hydrogen-bond donors (Lipinski definition) is 0. The lowest BCUT2D eigenvalue weighted by molar-refractivity contribution is 0.223. The van der Waals surface area contributed by atoms with Crippen molar-refractivity contribution in [3.63, 3.8) is 0 Å². The quantitative estimate of drug-likeness (QED) is 0.290. The zero-order chi connectivity index (χ0) is 22.8. The lowest BCUT2D eigenvalue weighted by atomic mass is 10.2. The first-order valence-corrected chi connectivity index (χ1v) is 11.9. The molecule has 6 heteroatoms. The fraction of sp³-hybridized carbons (Fsp3) is 0.333. The first-order valence-electron chi connectivity index (χ1n) is 9.56. The largest absolute Gasteiger partial charge is 0.489 e. The summed E-state index contributed by atoms with van der Waals surface area (Å²) in [7, 11) is 0. The molecule has 0 aliphatic rings. The van der Waals surface area contributed by atoms with Gasteiger partial charge >= 0.3 is 0 Å². The first kappa shape index (κ1) is 27.1. The third-order valence-electron chi connectivity index (χ3n) is 4.15. The highest BCUT2D eigenvalue weighted by molar-refractivity contribution is 9.11. The van der Waals surface area contributed by atoms with Crippen LogP contribution in [0.15, 0.2) is 58.5 Å². The number of benzene rings is 2. The third kappa shape index (κ3) is 8.66. The second-order valence-electron chi connectivity index (χ2n) is 6.92. The standard InChI is InChI=1S/2C12H14BrClO/c1-4-5-9(3)15-12-6-8(2)11(14)7-10(12)13;1-4-5-8(2)15-11-7-6-10(14)9(3)12(11)13/h4,6-7,9H,1,5H2,2-3H3;4,6-8H,1,5H2,2-3H3/t9-;8-/m00/s1. The topological polar surface area (TPSA) is 18.5 Å². The van der Waals surface area contributed by atoms with Gasteiger partial charge in [-0.05, 0) is 94.9 Å². The second kappa shape index (κ2) is 13.5. The molecule has 0 fully saturated rings. The summed E-state index contributed by atoms with van der Waals surface area (Å²) in [4.78, 5) is 0. The second-order valence-corrected chi connectivity index (χ2v) is 9.38. The molecule has 0 spiro atoms. The number of halogens is 4. The normalized spacial score (nSPS) is 12.3. The monoisotopic (exact) mass is 576 g/mol. The fourth-order valence-electron chi connectivity index (χ4n) is 2.45. The van der Waals surface area contributed by atoms with Gasteiger partial charge in [-0.1, -0.05) is 35.4 Å². The molecule has 0 aliphatic heterocycles. The molecule has 0 heterocycles. The average Bonchev–Trinajstić information content (AvgIpc) is 2.67. The SMILES string of the molecule is C=CC[C@H](C)Oc1cc(C)c(Cl)cc1Br.C=CC[C@H](C)Oc1ccc(Cl)c(C)c1Br. The Bertz CT molecular complexity index is 853. The summed E-state index contributed by atoms with van der Waals surface area (Å²) < 4.78 is 13.3. The van der Waals surface area contributed by atoms with Crippen LogP contribution in [0, 0.1) is 13.8 Å². The molecule has 0 radical (unpaired) electrons. The van der Waals surface area contributed by atoms with E-state index in [-0.39, 0.29) is 12.2 Å². The highest BCUT2D eigenvalue weighted by atomic mass is 79.9. The van der Waals surface area contributed by atoms with E-state index in [0.717, 1.165) is 54.5 Å². The molecule has 2 nitrogen and oxygen atoms in total. The van der Waals surface area contributed by atoms with Crippen molar-refractivity contribution >= 4 is 55.1 Å². The van der Waals surface area contributed by atoms with Crippen LogP contribution >= 0.6 is 55.1 Å². The molecule has 2 aromatic carbocycles. The van der Waals surface area contributed by atoms with Crippen molar-refractivity contribution < 1.29 is 9.47 Å². The van der Waals surface area contributed by atoms with E-state index in [1.807, 2.05) is 64.1 Å². The average molecular weight is 579 g/mol. The minimum Gasteiger partial charge on any atom is -0.489 e. The Morgan fingerprint density at radius 1 is 0.900 bits per heavy atom. The number of aryl methyl sites for hydroxylation is 1. The van der Waals surface area contributed by atoms with Gasteiger partial charge in [-0.2, -0.15) is 0 Å². The van der Waals surface area contributed by atoms with Gasteiger partial charge in [0.15, 0.2) is 0 Å². The molecule has 30 heavy (non-hydrogen) atoms. The van der Waals surface area contributed by atoms with Crippen molar-refractivity contribution in [3.05, 3.63) is 79.7 Å². The van der Waals surface area contributed by atoms with Crippen LogP contribution in [0.5, 0.6) is 11.5 Å². The van der Waals surface area contributed by atoms with E-state index in [0.29, 0.717) is 0 Å². The Morgan fingerprint density at radius 3 is 1.97 bits per heavy atom. The smallest absolute Gasteiger partial charge is 0.134 e. The maximum Gasteiger partial charge on any atom is 0.134 e. The van der Waals surface area contributed by atoms with E-state index in [1.54, 1.807) is 0 Å². The van der Waals surface area contributed by atoms with Gasteiger partial charge in [0.1, 0.15) is 11.5 Å². The van der Waals surface area contributed by atoms with E-state index in [4.69, 9.17) is 32.7 Å². The van der Waals surface area contributed by atoms with Crippen molar-refractivity contribution in [1.29, 1.82) is 0 Å². The van der Waals surface area contributed by atoms with Crippen molar-refractivity contribution in [1.82, 2.24) is 0 Å². The molecular formula is C24H28Br2Cl2O2. The van der Waals surface area contributed by atoms with Crippen LogP contribution in [0.3, 0.4) is 0 Å². The van der Waals surface area contributed by atoms with Crippen LogP contribution in [0.2, 0.25) is 10.0 Å². The van der Waals surface area contributed by atoms with Crippen LogP contribution in [-0.2, 0) is 0 Å². The molecule has 0 amide bonds. The Morgan fingerprint density at radius 2 is 1.43 bits per heavy atom. The zero-order valence-corrected chi connectivity index (χ0v) is 22.5. The minimum atomic E-state index is 0.124. The number of rotatable bonds is 8. The highest BCUT2D eigenvalue weighted by Crippen LogP contribution is 2.34. The molecule has 0 aliphatic carbocycles. The van der Waals surface area contributed by atoms with Gasteiger partial charge in [-0.25, -0.2) is 0 Å². The summed E-state index contributed by atoms with van der Waals surface area (Å²) in [6, 6.07) is 7.51. The summed E-state index contributed by atoms with van der Waals surface area (Å²) in [5.41, 5.74) is 2.01. The maximum absolute atomic E-state index is 5.98. The van der Waals surface area contributed by atoms with Crippen LogP contribution in [0.4, 0.5) is 0 Å².